The van der Waals surface area contributed by atoms with Gasteiger partial charge in [0.2, 0.25) is 5.91 Å². The molecule has 0 aromatic rings. The highest BCUT2D eigenvalue weighted by Gasteiger charge is 2.54. The molecule has 1 amide bonds. The van der Waals surface area contributed by atoms with Crippen LogP contribution in [0.4, 0.5) is 8.78 Å². The number of nitrogens with zero attached hydrogens (tertiary/aromatic N) is 2. The number of carbonyl (C=O) groups excluding carboxylic acids is 1. The molecule has 1 saturated heterocycles. The van der Waals surface area contributed by atoms with E-state index in [-0.39, 0.29) is 5.92 Å². The molecule has 0 unspecified atom stereocenters. The number of hydrogen-bond acceptors (Lipinski definition) is 3. The third-order valence-electron chi connectivity index (χ3n) is 3.28. The Kier molecular flexibility index (Phi) is 4.28. The van der Waals surface area contributed by atoms with Crippen LogP contribution in [0.25, 0.3) is 0 Å². The van der Waals surface area contributed by atoms with Gasteiger partial charge in [0.1, 0.15) is 6.04 Å². The molecule has 2 N–H and O–H groups in total. The van der Waals surface area contributed by atoms with E-state index in [9.17, 15) is 13.6 Å². The monoisotopic (exact) mass is 259 g/mol. The molecule has 1 heterocycles. The Morgan fingerprint density at radius 2 is 2.17 bits per heavy atom. The summed E-state index contributed by atoms with van der Waals surface area (Å²) in [5.41, 5.74) is 5.72. The Bertz CT molecular complexity index is 365. The van der Waals surface area contributed by atoms with Crippen LogP contribution >= 0.6 is 0 Å². The van der Waals surface area contributed by atoms with Crippen molar-refractivity contribution in [3.8, 4) is 6.07 Å². The number of rotatable bonds is 3. The lowest BCUT2D eigenvalue weighted by Crippen LogP contribution is -2.50. The van der Waals surface area contributed by atoms with Gasteiger partial charge in [0.15, 0.2) is 0 Å². The molecule has 3 atom stereocenters. The normalized spacial score (nSPS) is 28.2. The molecule has 1 aliphatic heterocycles. The first-order chi connectivity index (χ1) is 8.20. The molecule has 1 rings (SSSR count). The summed E-state index contributed by atoms with van der Waals surface area (Å²) in [5.74, 6) is -3.38. The summed E-state index contributed by atoms with van der Waals surface area (Å²) >= 11 is 0. The van der Waals surface area contributed by atoms with Crippen LogP contribution in [0, 0.1) is 17.2 Å². The predicted octanol–water partition coefficient (Wildman–Crippen LogP) is 1.51. The van der Waals surface area contributed by atoms with Gasteiger partial charge in [-0.25, -0.2) is 8.78 Å². The van der Waals surface area contributed by atoms with Gasteiger partial charge in [-0.2, -0.15) is 5.26 Å². The smallest absolute Gasteiger partial charge is 0.270 e. The number of nitriles is 1. The van der Waals surface area contributed by atoms with Gasteiger partial charge in [0.05, 0.1) is 18.2 Å². The molecular formula is C12H19F2N3O. The molecular weight excluding hydrogens is 240 g/mol. The lowest BCUT2D eigenvalue weighted by molar-refractivity contribution is -0.137. The van der Waals surface area contributed by atoms with E-state index < -0.39 is 36.4 Å². The van der Waals surface area contributed by atoms with Gasteiger partial charge in [-0.15, -0.1) is 0 Å². The Labute approximate surface area is 106 Å². The van der Waals surface area contributed by atoms with Gasteiger partial charge in [0, 0.05) is 6.42 Å². The van der Waals surface area contributed by atoms with Crippen LogP contribution in [0.2, 0.25) is 0 Å². The Morgan fingerprint density at radius 3 is 2.61 bits per heavy atom. The standard InChI is InChI=1S/C12H19F2N3O/c1-7(2)4-10(16)11(18)17-8(3)12(13,14)5-9(17)6-15/h7-10H,4-5,16H2,1-3H3/t8-,9-,10+/m0/s1. The minimum atomic E-state index is -3.02. The van der Waals surface area contributed by atoms with Gasteiger partial charge in [-0.1, -0.05) is 13.8 Å². The molecule has 0 bridgehead atoms. The van der Waals surface area contributed by atoms with Crippen LogP contribution < -0.4 is 5.73 Å². The lowest BCUT2D eigenvalue weighted by Gasteiger charge is -2.28. The lowest BCUT2D eigenvalue weighted by atomic mass is 10.0. The van der Waals surface area contributed by atoms with Crippen molar-refractivity contribution >= 4 is 5.91 Å². The fourth-order valence-electron chi connectivity index (χ4n) is 2.25. The maximum absolute atomic E-state index is 13.5. The molecule has 1 aliphatic rings. The third-order valence-corrected chi connectivity index (χ3v) is 3.28. The molecule has 1 fully saturated rings. The molecule has 0 saturated carbocycles. The molecule has 6 heteroatoms. The highest BCUT2D eigenvalue weighted by molar-refractivity contribution is 5.83. The fraction of sp³-hybridized carbons (Fsp3) is 0.833. The fourth-order valence-corrected chi connectivity index (χ4v) is 2.25. The van der Waals surface area contributed by atoms with E-state index in [0.29, 0.717) is 6.42 Å². The molecule has 0 spiro atoms. The quantitative estimate of drug-likeness (QED) is 0.835. The summed E-state index contributed by atoms with van der Waals surface area (Å²) in [5, 5.41) is 8.88. The zero-order valence-electron chi connectivity index (χ0n) is 10.9. The van der Waals surface area contributed by atoms with E-state index in [2.05, 4.69) is 0 Å². The average molecular weight is 259 g/mol. The Morgan fingerprint density at radius 1 is 1.61 bits per heavy atom. The molecule has 0 aliphatic carbocycles. The summed E-state index contributed by atoms with van der Waals surface area (Å²) < 4.78 is 27.1. The highest BCUT2D eigenvalue weighted by Crippen LogP contribution is 2.38. The Balaban J connectivity index is 2.87. The number of nitrogens with two attached hydrogens (primary N) is 1. The maximum Gasteiger partial charge on any atom is 0.270 e. The highest BCUT2D eigenvalue weighted by atomic mass is 19.3. The molecule has 4 nitrogen and oxygen atoms in total. The number of carbonyl (C=O) groups is 1. The molecule has 0 radical (unpaired) electrons. The van der Waals surface area contributed by atoms with E-state index in [4.69, 9.17) is 11.0 Å². The second-order valence-electron chi connectivity index (χ2n) is 5.27. The van der Waals surface area contributed by atoms with Crippen LogP contribution in [0.1, 0.15) is 33.6 Å². The van der Waals surface area contributed by atoms with Crippen LogP contribution in [0.5, 0.6) is 0 Å². The van der Waals surface area contributed by atoms with Crippen molar-refractivity contribution in [1.82, 2.24) is 4.90 Å². The van der Waals surface area contributed by atoms with Gasteiger partial charge < -0.3 is 10.6 Å². The zero-order valence-corrected chi connectivity index (χ0v) is 10.9. The molecule has 0 aromatic heterocycles. The van der Waals surface area contributed by atoms with Crippen molar-refractivity contribution in [2.24, 2.45) is 11.7 Å². The van der Waals surface area contributed by atoms with Crippen molar-refractivity contribution < 1.29 is 13.6 Å². The summed E-state index contributed by atoms with van der Waals surface area (Å²) in [6.07, 6.45) is -0.184. The summed E-state index contributed by atoms with van der Waals surface area (Å²) in [6.45, 7) is 5.06. The number of alkyl halides is 2. The summed E-state index contributed by atoms with van der Waals surface area (Å²) in [4.78, 5) is 13.0. The van der Waals surface area contributed by atoms with Gasteiger partial charge in [0.25, 0.3) is 5.92 Å². The minimum absolute atomic E-state index is 0.197. The van der Waals surface area contributed by atoms with E-state index in [1.807, 2.05) is 13.8 Å². The molecule has 102 valence electrons. The van der Waals surface area contributed by atoms with Crippen LogP contribution in [0.15, 0.2) is 0 Å². The summed E-state index contributed by atoms with van der Waals surface area (Å²) in [7, 11) is 0. The second-order valence-corrected chi connectivity index (χ2v) is 5.27. The zero-order chi connectivity index (χ0) is 14.1. The maximum atomic E-state index is 13.5. The first-order valence-corrected chi connectivity index (χ1v) is 6.06. The minimum Gasteiger partial charge on any atom is -0.320 e. The third kappa shape index (κ3) is 2.78. The van der Waals surface area contributed by atoms with Crippen molar-refractivity contribution in [2.45, 2.75) is 57.7 Å². The van der Waals surface area contributed by atoms with Crippen molar-refractivity contribution in [2.75, 3.05) is 0 Å². The number of hydrogen-bond donors (Lipinski definition) is 1. The number of halogens is 2. The summed E-state index contributed by atoms with van der Waals surface area (Å²) in [6, 6.07) is -1.42. The van der Waals surface area contributed by atoms with E-state index in [0.717, 1.165) is 4.90 Å². The number of likely N-dealkylation sites (tertiary alicyclic amines) is 1. The van der Waals surface area contributed by atoms with Gasteiger partial charge in [-0.05, 0) is 19.3 Å². The topological polar surface area (TPSA) is 70.1 Å². The van der Waals surface area contributed by atoms with Crippen molar-refractivity contribution in [3.63, 3.8) is 0 Å². The van der Waals surface area contributed by atoms with Crippen LogP contribution in [-0.4, -0.2) is 34.9 Å². The second kappa shape index (κ2) is 5.19. The van der Waals surface area contributed by atoms with Crippen molar-refractivity contribution in [1.29, 1.82) is 5.26 Å². The van der Waals surface area contributed by atoms with E-state index in [1.54, 1.807) is 6.07 Å². The number of amides is 1. The molecule has 18 heavy (non-hydrogen) atoms. The first kappa shape index (κ1) is 14.8. The molecule has 0 aromatic carbocycles. The predicted molar refractivity (Wildman–Crippen MR) is 62.7 cm³/mol. The van der Waals surface area contributed by atoms with E-state index >= 15 is 0 Å². The van der Waals surface area contributed by atoms with E-state index in [1.165, 1.54) is 6.92 Å². The van der Waals surface area contributed by atoms with Crippen LogP contribution in [-0.2, 0) is 4.79 Å². The average Bonchev–Trinajstić information content (AvgIpc) is 2.48. The SMILES string of the molecule is CC(C)C[C@@H](N)C(=O)N1[C@H](C#N)CC(F)(F)[C@@H]1C. The van der Waals surface area contributed by atoms with Gasteiger partial charge in [-0.3, -0.25) is 4.79 Å². The van der Waals surface area contributed by atoms with Gasteiger partial charge >= 0.3 is 0 Å². The Hall–Kier alpha value is -1.22. The van der Waals surface area contributed by atoms with Crippen molar-refractivity contribution in [3.05, 3.63) is 0 Å². The van der Waals surface area contributed by atoms with Crippen LogP contribution in [0.3, 0.4) is 0 Å². The first-order valence-electron chi connectivity index (χ1n) is 6.06. The largest absolute Gasteiger partial charge is 0.320 e.